The molecule has 0 aliphatic carbocycles. The van der Waals surface area contributed by atoms with Crippen LogP contribution in [0.4, 0.5) is 18.9 Å². The fourth-order valence-corrected chi connectivity index (χ4v) is 8.24. The number of benzene rings is 4. The van der Waals surface area contributed by atoms with E-state index in [1.54, 1.807) is 47.4 Å². The lowest BCUT2D eigenvalue weighted by molar-refractivity contribution is -0.158. The van der Waals surface area contributed by atoms with Crippen molar-refractivity contribution in [1.82, 2.24) is 35.5 Å². The summed E-state index contributed by atoms with van der Waals surface area (Å²) in [5.74, 6) is -0.00222. The zero-order valence-electron chi connectivity index (χ0n) is 33.5. The van der Waals surface area contributed by atoms with Crippen LogP contribution in [0.3, 0.4) is 0 Å². The number of nitrogens with one attached hydrogen (secondary N) is 3. The third kappa shape index (κ3) is 9.36. The van der Waals surface area contributed by atoms with Gasteiger partial charge in [-0.05, 0) is 79.4 Å². The van der Waals surface area contributed by atoms with E-state index >= 15 is 0 Å². The van der Waals surface area contributed by atoms with Gasteiger partial charge >= 0.3 is 6.18 Å². The van der Waals surface area contributed by atoms with E-state index in [0.717, 1.165) is 17.7 Å². The summed E-state index contributed by atoms with van der Waals surface area (Å²) >= 11 is 0. The maximum atomic E-state index is 13.4. The average molecular weight is 857 g/mol. The van der Waals surface area contributed by atoms with Crippen molar-refractivity contribution in [3.63, 3.8) is 0 Å². The number of fused-ring (bicyclic) bond motifs is 1. The summed E-state index contributed by atoms with van der Waals surface area (Å²) in [4.78, 5) is 36.2. The van der Waals surface area contributed by atoms with Gasteiger partial charge in [-0.25, -0.2) is 4.90 Å². The number of alkyl halides is 3. The molecule has 3 aliphatic heterocycles. The lowest BCUT2D eigenvalue weighted by atomic mass is 10.0. The van der Waals surface area contributed by atoms with Crippen LogP contribution in [0.1, 0.15) is 74.7 Å². The van der Waals surface area contributed by atoms with E-state index in [4.69, 9.17) is 4.52 Å². The SMILES string of the molecule is O=C(NCCCNc1cccc2c1C(O)N(C1CCC(O)NC1O)C2O)c1cccc(CN2CCN(C(=O)c3ccc(-c4nc(-c5ccc(C(F)(F)F)cc5)no4)cc3)CC2)c1. The summed E-state index contributed by atoms with van der Waals surface area (Å²) in [6.45, 7) is 3.81. The molecule has 62 heavy (non-hydrogen) atoms. The Morgan fingerprint density at radius 3 is 2.27 bits per heavy atom. The molecule has 8 rings (SSSR count). The molecule has 7 N–H and O–H groups in total. The lowest BCUT2D eigenvalue weighted by Gasteiger charge is -2.40. The number of piperazine rings is 1. The highest BCUT2D eigenvalue weighted by Gasteiger charge is 2.45. The van der Waals surface area contributed by atoms with Gasteiger partial charge in [-0.3, -0.25) is 19.8 Å². The topological polar surface area (TPSA) is 200 Å². The van der Waals surface area contributed by atoms with Gasteiger partial charge in [0.2, 0.25) is 5.82 Å². The molecule has 18 heteroatoms. The van der Waals surface area contributed by atoms with Crippen LogP contribution in [-0.2, 0) is 12.7 Å². The maximum absolute atomic E-state index is 13.4. The molecule has 5 atom stereocenters. The minimum absolute atomic E-state index is 0.118. The molecule has 1 aromatic heterocycles. The number of anilines is 1. The van der Waals surface area contributed by atoms with Gasteiger partial charge in [0.15, 0.2) is 0 Å². The molecule has 3 aliphatic rings. The van der Waals surface area contributed by atoms with Gasteiger partial charge in [0.25, 0.3) is 17.7 Å². The second-order valence-electron chi connectivity index (χ2n) is 15.7. The van der Waals surface area contributed by atoms with E-state index in [1.165, 1.54) is 17.0 Å². The van der Waals surface area contributed by atoms with Gasteiger partial charge in [0.1, 0.15) is 24.9 Å². The first kappa shape index (κ1) is 42.9. The molecule has 2 amide bonds. The molecule has 326 valence electrons. The summed E-state index contributed by atoms with van der Waals surface area (Å²) in [5.41, 5.74) is 3.88. The number of nitrogens with zero attached hydrogens (tertiary/aromatic N) is 5. The number of hydrogen-bond acceptors (Lipinski definition) is 13. The van der Waals surface area contributed by atoms with Crippen molar-refractivity contribution >= 4 is 17.5 Å². The van der Waals surface area contributed by atoms with E-state index in [0.29, 0.717) is 104 Å². The van der Waals surface area contributed by atoms with Gasteiger partial charge in [-0.2, -0.15) is 18.2 Å². The summed E-state index contributed by atoms with van der Waals surface area (Å²) in [7, 11) is 0. The van der Waals surface area contributed by atoms with Crippen molar-refractivity contribution in [3.8, 4) is 22.8 Å². The Morgan fingerprint density at radius 2 is 1.55 bits per heavy atom. The van der Waals surface area contributed by atoms with Gasteiger partial charge in [-0.1, -0.05) is 41.6 Å². The number of carbonyl (C=O) groups excluding carboxylic acids is 2. The van der Waals surface area contributed by atoms with E-state index in [2.05, 4.69) is 31.0 Å². The number of carbonyl (C=O) groups is 2. The predicted molar refractivity (Wildman–Crippen MR) is 220 cm³/mol. The van der Waals surface area contributed by atoms with Crippen LogP contribution >= 0.6 is 0 Å². The predicted octanol–water partition coefficient (Wildman–Crippen LogP) is 4.30. The first-order chi connectivity index (χ1) is 29.8. The van der Waals surface area contributed by atoms with E-state index in [1.807, 2.05) is 24.3 Å². The Bertz CT molecular complexity index is 2360. The zero-order valence-corrected chi connectivity index (χ0v) is 33.5. The number of aliphatic hydroxyl groups excluding tert-OH is 4. The van der Waals surface area contributed by atoms with Gasteiger partial charge in [0, 0.05) is 84.9 Å². The van der Waals surface area contributed by atoms with Crippen molar-refractivity contribution in [1.29, 1.82) is 0 Å². The molecule has 5 unspecified atom stereocenters. The lowest BCUT2D eigenvalue weighted by Crippen LogP contribution is -2.57. The zero-order chi connectivity index (χ0) is 43.5. The summed E-state index contributed by atoms with van der Waals surface area (Å²) < 4.78 is 44.1. The van der Waals surface area contributed by atoms with Crippen LogP contribution in [0.5, 0.6) is 0 Å². The van der Waals surface area contributed by atoms with Crippen LogP contribution in [0, 0.1) is 0 Å². The number of aromatic nitrogens is 2. The Labute approximate surface area is 354 Å². The van der Waals surface area contributed by atoms with E-state index in [-0.39, 0.29) is 23.5 Å². The first-order valence-electron chi connectivity index (χ1n) is 20.5. The number of piperidine rings is 1. The smallest absolute Gasteiger partial charge is 0.385 e. The average Bonchev–Trinajstić information content (AvgIpc) is 3.86. The number of hydrogen-bond donors (Lipinski definition) is 7. The molecule has 0 saturated carbocycles. The molecule has 4 heterocycles. The van der Waals surface area contributed by atoms with Gasteiger partial charge in [0.05, 0.1) is 11.6 Å². The largest absolute Gasteiger partial charge is 0.416 e. The molecule has 0 bridgehead atoms. The summed E-state index contributed by atoms with van der Waals surface area (Å²) in [6, 6.07) is 23.4. The first-order valence-corrected chi connectivity index (χ1v) is 20.5. The van der Waals surface area contributed by atoms with Crippen molar-refractivity contribution in [2.75, 3.05) is 44.6 Å². The Kier molecular flexibility index (Phi) is 12.7. The second-order valence-corrected chi connectivity index (χ2v) is 15.7. The minimum Gasteiger partial charge on any atom is -0.385 e. The normalized spacial score (nSPS) is 22.0. The van der Waals surface area contributed by atoms with Crippen LogP contribution < -0.4 is 16.0 Å². The minimum atomic E-state index is -4.45. The number of rotatable bonds is 12. The molecular weight excluding hydrogens is 810 g/mol. The Morgan fingerprint density at radius 1 is 0.823 bits per heavy atom. The van der Waals surface area contributed by atoms with Crippen molar-refractivity contribution in [2.45, 2.75) is 62.9 Å². The van der Waals surface area contributed by atoms with Crippen molar-refractivity contribution < 1.29 is 47.7 Å². The maximum Gasteiger partial charge on any atom is 0.416 e. The quantitative estimate of drug-likeness (QED) is 0.0878. The number of halogens is 3. The third-order valence-corrected chi connectivity index (χ3v) is 11.6. The molecule has 15 nitrogen and oxygen atoms in total. The molecule has 0 spiro atoms. The van der Waals surface area contributed by atoms with Gasteiger partial charge in [-0.15, -0.1) is 0 Å². The fourth-order valence-electron chi connectivity index (χ4n) is 8.24. The third-order valence-electron chi connectivity index (χ3n) is 11.6. The van der Waals surface area contributed by atoms with E-state index in [9.17, 15) is 43.2 Å². The van der Waals surface area contributed by atoms with Crippen LogP contribution in [0.2, 0.25) is 0 Å². The highest BCUT2D eigenvalue weighted by molar-refractivity contribution is 5.95. The number of aliphatic hydroxyl groups is 4. The molecule has 2 fully saturated rings. The summed E-state index contributed by atoms with van der Waals surface area (Å²) in [5, 5.41) is 55.5. The monoisotopic (exact) mass is 856 g/mol. The van der Waals surface area contributed by atoms with Crippen molar-refractivity contribution in [2.24, 2.45) is 0 Å². The van der Waals surface area contributed by atoms with Crippen LogP contribution in [-0.4, -0.2) is 115 Å². The van der Waals surface area contributed by atoms with E-state index < -0.39 is 42.7 Å². The highest BCUT2D eigenvalue weighted by Crippen LogP contribution is 2.45. The van der Waals surface area contributed by atoms with Crippen molar-refractivity contribution in [3.05, 3.63) is 124 Å². The Hall–Kier alpha value is -5.73. The second kappa shape index (κ2) is 18.3. The highest BCUT2D eigenvalue weighted by atomic mass is 19.4. The van der Waals surface area contributed by atoms with Crippen LogP contribution in [0.25, 0.3) is 22.8 Å². The van der Waals surface area contributed by atoms with Gasteiger partial charge < -0.3 is 40.5 Å². The molecule has 5 aromatic rings. The Balaban J connectivity index is 0.771. The molecular formula is C44H47F3N8O7. The molecule has 0 radical (unpaired) electrons. The standard InChI is InChI=1S/C44H47F3N8O7/c45-44(46,47)31-14-12-27(13-15-31)37-51-40(62-52-37)28-8-10-29(11-9-28)41(59)54-22-20-53(21-23-54)25-26-4-1-5-30(24-26)38(57)49-19-3-18-48-33-7-2-6-32-36(33)43(61)55(42(32)60)34-16-17-35(56)50-39(34)58/h1-2,4-15,24,34-35,39,42-43,48,50,56,58,60-61H,3,16-23,25H2,(H,49,57). The number of amides is 2. The summed E-state index contributed by atoms with van der Waals surface area (Å²) in [6.07, 6.45) is -7.37. The molecule has 2 saturated heterocycles. The molecule has 4 aromatic carbocycles. The van der Waals surface area contributed by atoms with Crippen LogP contribution in [0.15, 0.2) is 95.5 Å². The fraction of sp³-hybridized carbons (Fsp3) is 0.364.